The third-order valence-electron chi connectivity index (χ3n) is 4.31. The number of furan rings is 1. The molecule has 0 aliphatic carbocycles. The molecule has 0 saturated carbocycles. The number of hydrogen-bond donors (Lipinski definition) is 1. The molecule has 1 amide bonds. The summed E-state index contributed by atoms with van der Waals surface area (Å²) in [5.41, 5.74) is 2.79. The first-order chi connectivity index (χ1) is 12.7. The molecule has 0 atom stereocenters. The van der Waals surface area contributed by atoms with E-state index in [-0.39, 0.29) is 23.6 Å². The number of nitrogens with one attached hydrogen (secondary N) is 1. The lowest BCUT2D eigenvalue weighted by Crippen LogP contribution is -2.27. The van der Waals surface area contributed by atoms with Crippen molar-refractivity contribution in [1.82, 2.24) is 9.55 Å². The van der Waals surface area contributed by atoms with Gasteiger partial charge in [-0.3, -0.25) is 14.2 Å². The van der Waals surface area contributed by atoms with Gasteiger partial charge in [0.15, 0.2) is 0 Å². The molecule has 4 aromatic rings. The van der Waals surface area contributed by atoms with Crippen LogP contribution in [-0.4, -0.2) is 15.5 Å². The van der Waals surface area contributed by atoms with Crippen molar-refractivity contribution < 1.29 is 9.21 Å². The highest BCUT2D eigenvalue weighted by molar-refractivity contribution is 6.01. The fraction of sp³-hybridized carbons (Fsp3) is 0.150. The third-order valence-corrected chi connectivity index (χ3v) is 4.31. The second kappa shape index (κ2) is 6.48. The molecule has 0 unspecified atom stereocenters. The summed E-state index contributed by atoms with van der Waals surface area (Å²) in [5.74, 6) is -0.298. The van der Waals surface area contributed by atoms with Crippen LogP contribution < -0.4 is 10.9 Å². The normalized spacial score (nSPS) is 11.1. The van der Waals surface area contributed by atoms with E-state index in [2.05, 4.69) is 17.2 Å². The predicted molar refractivity (Wildman–Crippen MR) is 100 cm³/mol. The zero-order chi connectivity index (χ0) is 18.1. The predicted octanol–water partition coefficient (Wildman–Crippen LogP) is 3.34. The topological polar surface area (TPSA) is 77.1 Å². The van der Waals surface area contributed by atoms with E-state index in [4.69, 9.17) is 4.42 Å². The number of para-hydroxylation sites is 1. The summed E-state index contributed by atoms with van der Waals surface area (Å²) < 4.78 is 6.87. The van der Waals surface area contributed by atoms with Gasteiger partial charge in [-0.15, -0.1) is 0 Å². The molecular weight excluding hydrogens is 330 g/mol. The number of carbonyl (C=O) groups excluding carboxylic acids is 1. The van der Waals surface area contributed by atoms with Gasteiger partial charge in [-0.2, -0.15) is 0 Å². The maximum atomic E-state index is 12.6. The van der Waals surface area contributed by atoms with Crippen LogP contribution in [0.1, 0.15) is 12.5 Å². The molecule has 0 aliphatic heterocycles. The monoisotopic (exact) mass is 347 g/mol. The minimum absolute atomic E-state index is 0.131. The van der Waals surface area contributed by atoms with Crippen molar-refractivity contribution in [2.24, 2.45) is 0 Å². The SMILES string of the molecule is CCc1ccc(NC(=O)Cn2cnc3c(oc4ccccc43)c2=O)cc1. The van der Waals surface area contributed by atoms with Gasteiger partial charge in [-0.25, -0.2) is 4.98 Å². The first kappa shape index (κ1) is 16.1. The van der Waals surface area contributed by atoms with Crippen LogP contribution in [0.25, 0.3) is 22.1 Å². The van der Waals surface area contributed by atoms with Gasteiger partial charge in [0.25, 0.3) is 5.56 Å². The molecule has 1 N–H and O–H groups in total. The van der Waals surface area contributed by atoms with E-state index in [1.54, 1.807) is 6.07 Å². The number of rotatable bonds is 4. The van der Waals surface area contributed by atoms with E-state index in [0.717, 1.165) is 11.8 Å². The number of aromatic nitrogens is 2. The Morgan fingerprint density at radius 2 is 1.92 bits per heavy atom. The number of carbonyl (C=O) groups is 1. The summed E-state index contributed by atoms with van der Waals surface area (Å²) >= 11 is 0. The minimum atomic E-state index is -0.373. The summed E-state index contributed by atoms with van der Waals surface area (Å²) in [4.78, 5) is 29.2. The maximum Gasteiger partial charge on any atom is 0.297 e. The number of benzene rings is 2. The van der Waals surface area contributed by atoms with Crippen molar-refractivity contribution >= 4 is 33.7 Å². The quantitative estimate of drug-likeness (QED) is 0.614. The largest absolute Gasteiger partial charge is 0.448 e. The molecule has 0 fully saturated rings. The van der Waals surface area contributed by atoms with E-state index in [1.807, 2.05) is 42.5 Å². The smallest absolute Gasteiger partial charge is 0.297 e. The second-order valence-electron chi connectivity index (χ2n) is 6.05. The maximum absolute atomic E-state index is 12.6. The Balaban J connectivity index is 1.60. The fourth-order valence-corrected chi connectivity index (χ4v) is 2.91. The molecule has 0 saturated heterocycles. The Bertz CT molecular complexity index is 1160. The number of aryl methyl sites for hydroxylation is 1. The molecule has 4 rings (SSSR count). The molecule has 2 aromatic carbocycles. The molecule has 0 radical (unpaired) electrons. The molecule has 0 aliphatic rings. The van der Waals surface area contributed by atoms with E-state index < -0.39 is 0 Å². The third kappa shape index (κ3) is 2.86. The van der Waals surface area contributed by atoms with Crippen LogP contribution in [0, 0.1) is 0 Å². The highest BCUT2D eigenvalue weighted by Crippen LogP contribution is 2.24. The van der Waals surface area contributed by atoms with Crippen LogP contribution in [0.2, 0.25) is 0 Å². The van der Waals surface area contributed by atoms with Crippen LogP contribution in [0.15, 0.2) is 64.1 Å². The zero-order valence-electron chi connectivity index (χ0n) is 14.2. The Labute approximate surface area is 149 Å². The molecular formula is C20H17N3O3. The van der Waals surface area contributed by atoms with Crippen molar-refractivity contribution in [3.05, 3.63) is 70.8 Å². The Kier molecular flexibility index (Phi) is 4.01. The first-order valence-electron chi connectivity index (χ1n) is 8.41. The fourth-order valence-electron chi connectivity index (χ4n) is 2.91. The van der Waals surface area contributed by atoms with Gasteiger partial charge in [-0.05, 0) is 36.2 Å². The molecule has 2 aromatic heterocycles. The number of fused-ring (bicyclic) bond motifs is 3. The lowest BCUT2D eigenvalue weighted by Gasteiger charge is -2.07. The Hall–Kier alpha value is -3.41. The molecule has 0 spiro atoms. The van der Waals surface area contributed by atoms with Gasteiger partial charge in [-0.1, -0.05) is 31.2 Å². The molecule has 130 valence electrons. The van der Waals surface area contributed by atoms with Crippen molar-refractivity contribution in [1.29, 1.82) is 0 Å². The molecule has 0 bridgehead atoms. The lowest BCUT2D eigenvalue weighted by molar-refractivity contribution is -0.116. The molecule has 2 heterocycles. The van der Waals surface area contributed by atoms with Gasteiger partial charge in [0.2, 0.25) is 11.5 Å². The lowest BCUT2D eigenvalue weighted by atomic mass is 10.1. The van der Waals surface area contributed by atoms with Gasteiger partial charge in [0, 0.05) is 11.1 Å². The summed E-state index contributed by atoms with van der Waals surface area (Å²) in [6.45, 7) is 1.94. The van der Waals surface area contributed by atoms with Gasteiger partial charge >= 0.3 is 0 Å². The number of amides is 1. The highest BCUT2D eigenvalue weighted by atomic mass is 16.3. The van der Waals surface area contributed by atoms with E-state index in [1.165, 1.54) is 16.5 Å². The summed E-state index contributed by atoms with van der Waals surface area (Å²) in [7, 11) is 0. The van der Waals surface area contributed by atoms with Crippen LogP contribution in [0.3, 0.4) is 0 Å². The molecule has 6 heteroatoms. The number of nitrogens with zero attached hydrogens (tertiary/aromatic N) is 2. The van der Waals surface area contributed by atoms with Crippen LogP contribution in [-0.2, 0) is 17.8 Å². The van der Waals surface area contributed by atoms with Gasteiger partial charge < -0.3 is 9.73 Å². The Morgan fingerprint density at radius 1 is 1.15 bits per heavy atom. The summed E-state index contributed by atoms with van der Waals surface area (Å²) in [6, 6.07) is 15.0. The van der Waals surface area contributed by atoms with Gasteiger partial charge in [0.1, 0.15) is 17.6 Å². The average Bonchev–Trinajstić information content (AvgIpc) is 3.04. The second-order valence-corrected chi connectivity index (χ2v) is 6.05. The summed E-state index contributed by atoms with van der Waals surface area (Å²) in [5, 5.41) is 3.57. The molecule has 6 nitrogen and oxygen atoms in total. The van der Waals surface area contributed by atoms with Gasteiger partial charge in [0.05, 0.1) is 6.33 Å². The van der Waals surface area contributed by atoms with Crippen LogP contribution >= 0.6 is 0 Å². The van der Waals surface area contributed by atoms with Crippen molar-refractivity contribution in [3.63, 3.8) is 0 Å². The number of hydrogen-bond acceptors (Lipinski definition) is 4. The van der Waals surface area contributed by atoms with Crippen molar-refractivity contribution in [2.75, 3.05) is 5.32 Å². The van der Waals surface area contributed by atoms with E-state index >= 15 is 0 Å². The first-order valence-corrected chi connectivity index (χ1v) is 8.41. The average molecular weight is 347 g/mol. The van der Waals surface area contributed by atoms with Crippen LogP contribution in [0.4, 0.5) is 5.69 Å². The summed E-state index contributed by atoms with van der Waals surface area (Å²) in [6.07, 6.45) is 2.32. The minimum Gasteiger partial charge on any atom is -0.448 e. The highest BCUT2D eigenvalue weighted by Gasteiger charge is 2.14. The zero-order valence-corrected chi connectivity index (χ0v) is 14.2. The van der Waals surface area contributed by atoms with E-state index in [9.17, 15) is 9.59 Å². The standard InChI is InChI=1S/C20H17N3O3/c1-2-13-7-9-14(10-8-13)22-17(24)11-23-12-21-18-15-5-3-4-6-16(15)26-19(18)20(23)25/h3-10,12H,2,11H2,1H3,(H,22,24). The molecule has 26 heavy (non-hydrogen) atoms. The van der Waals surface area contributed by atoms with E-state index in [0.29, 0.717) is 16.8 Å². The Morgan fingerprint density at radius 3 is 2.69 bits per heavy atom. The number of anilines is 1. The van der Waals surface area contributed by atoms with Crippen molar-refractivity contribution in [2.45, 2.75) is 19.9 Å². The van der Waals surface area contributed by atoms with Crippen LogP contribution in [0.5, 0.6) is 0 Å². The van der Waals surface area contributed by atoms with Crippen molar-refractivity contribution in [3.8, 4) is 0 Å².